The number of pyridine rings is 1. The highest BCUT2D eigenvalue weighted by atomic mass is 79.9. The van der Waals surface area contributed by atoms with Crippen molar-refractivity contribution >= 4 is 44.4 Å². The number of carboxylic acid groups (broad SMARTS) is 1. The summed E-state index contributed by atoms with van der Waals surface area (Å²) in [5, 5.41) is 10.2. The Labute approximate surface area is 117 Å². The average molecular weight is 330 g/mol. The van der Waals surface area contributed by atoms with E-state index in [-0.39, 0.29) is 6.42 Å². The molecule has 0 saturated carbocycles. The molecule has 0 fully saturated rings. The van der Waals surface area contributed by atoms with E-state index in [2.05, 4.69) is 20.9 Å². The van der Waals surface area contributed by atoms with E-state index in [0.29, 0.717) is 10.5 Å². The fourth-order valence-corrected chi connectivity index (χ4v) is 2.63. The van der Waals surface area contributed by atoms with Crippen LogP contribution in [0.5, 0.6) is 0 Å². The number of aliphatic carboxylic acids is 1. The van der Waals surface area contributed by atoms with Crippen LogP contribution in [0.15, 0.2) is 28.9 Å². The van der Waals surface area contributed by atoms with Gasteiger partial charge in [0.25, 0.3) is 0 Å². The van der Waals surface area contributed by atoms with Gasteiger partial charge in [-0.3, -0.25) is 9.78 Å². The minimum Gasteiger partial charge on any atom is -0.480 e. The molecule has 94 valence electrons. The average Bonchev–Trinajstić information content (AvgIpc) is 2.32. The number of rotatable bonds is 3. The molecule has 0 radical (unpaired) electrons. The Hall–Kier alpha value is -1.17. The molecular formula is C12H10BrClN2O2. The van der Waals surface area contributed by atoms with Crippen LogP contribution in [0.2, 0.25) is 5.02 Å². The standard InChI is InChI=1S/C12H10BrClN2O2/c13-7-2-1-6(5-9(15)12(17)18)11-10(7)8(14)3-4-16-11/h1-4,9H,5,15H2,(H,17,18)/t9-/m0/s1. The monoisotopic (exact) mass is 328 g/mol. The van der Waals surface area contributed by atoms with Gasteiger partial charge < -0.3 is 10.8 Å². The minimum absolute atomic E-state index is 0.215. The molecule has 0 bridgehead atoms. The lowest BCUT2D eigenvalue weighted by atomic mass is 10.0. The normalized spacial score (nSPS) is 12.6. The minimum atomic E-state index is -1.03. The fraction of sp³-hybridized carbons (Fsp3) is 0.167. The second-order valence-corrected chi connectivity index (χ2v) is 5.13. The molecule has 0 aliphatic heterocycles. The van der Waals surface area contributed by atoms with Gasteiger partial charge in [0.05, 0.1) is 10.5 Å². The number of nitrogens with zero attached hydrogens (tertiary/aromatic N) is 1. The first-order valence-corrected chi connectivity index (χ1v) is 6.37. The predicted molar refractivity (Wildman–Crippen MR) is 73.8 cm³/mol. The number of fused-ring (bicyclic) bond motifs is 1. The van der Waals surface area contributed by atoms with E-state index in [9.17, 15) is 4.79 Å². The van der Waals surface area contributed by atoms with Crippen molar-refractivity contribution in [1.29, 1.82) is 0 Å². The Kier molecular flexibility index (Phi) is 3.85. The molecule has 2 aromatic rings. The van der Waals surface area contributed by atoms with Crippen LogP contribution in [0.25, 0.3) is 10.9 Å². The number of hydrogen-bond acceptors (Lipinski definition) is 3. The SMILES string of the molecule is N[C@@H](Cc1ccc(Br)c2c(Cl)ccnc12)C(=O)O. The lowest BCUT2D eigenvalue weighted by Gasteiger charge is -2.10. The first kappa shape index (κ1) is 13.3. The molecule has 1 atom stereocenters. The molecule has 0 amide bonds. The third-order valence-corrected chi connectivity index (χ3v) is 3.61. The van der Waals surface area contributed by atoms with Crippen molar-refractivity contribution in [1.82, 2.24) is 4.98 Å². The van der Waals surface area contributed by atoms with Gasteiger partial charge in [0.1, 0.15) is 6.04 Å². The molecule has 6 heteroatoms. The van der Waals surface area contributed by atoms with Gasteiger partial charge in [-0.25, -0.2) is 0 Å². The number of carboxylic acids is 1. The summed E-state index contributed by atoms with van der Waals surface area (Å²) in [5.41, 5.74) is 6.99. The zero-order chi connectivity index (χ0) is 13.3. The third kappa shape index (κ3) is 2.48. The lowest BCUT2D eigenvalue weighted by Crippen LogP contribution is -2.32. The smallest absolute Gasteiger partial charge is 0.320 e. The van der Waals surface area contributed by atoms with E-state index in [4.69, 9.17) is 22.4 Å². The second kappa shape index (κ2) is 5.22. The maximum absolute atomic E-state index is 10.8. The Morgan fingerprint density at radius 1 is 1.50 bits per heavy atom. The molecule has 0 aliphatic carbocycles. The molecule has 3 N–H and O–H groups in total. The molecule has 0 spiro atoms. The Balaban J connectivity index is 2.56. The van der Waals surface area contributed by atoms with E-state index in [1.54, 1.807) is 18.3 Å². The van der Waals surface area contributed by atoms with E-state index in [1.165, 1.54) is 0 Å². The first-order valence-electron chi connectivity index (χ1n) is 5.20. The topological polar surface area (TPSA) is 76.2 Å². The van der Waals surface area contributed by atoms with Crippen LogP contribution < -0.4 is 5.73 Å². The Morgan fingerprint density at radius 3 is 2.89 bits per heavy atom. The van der Waals surface area contributed by atoms with Gasteiger partial charge in [0, 0.05) is 22.5 Å². The molecule has 0 unspecified atom stereocenters. The molecule has 0 saturated heterocycles. The summed E-state index contributed by atoms with van der Waals surface area (Å²) in [4.78, 5) is 15.0. The number of halogens is 2. The summed E-state index contributed by atoms with van der Waals surface area (Å²) in [7, 11) is 0. The summed E-state index contributed by atoms with van der Waals surface area (Å²) >= 11 is 9.52. The predicted octanol–water partition coefficient (Wildman–Crippen LogP) is 2.61. The maximum atomic E-state index is 10.8. The van der Waals surface area contributed by atoms with Crippen molar-refractivity contribution in [3.8, 4) is 0 Å². The van der Waals surface area contributed by atoms with Crippen LogP contribution >= 0.6 is 27.5 Å². The maximum Gasteiger partial charge on any atom is 0.320 e. The van der Waals surface area contributed by atoms with Crippen molar-refractivity contribution in [2.24, 2.45) is 5.73 Å². The molecule has 4 nitrogen and oxygen atoms in total. The molecule has 1 aromatic heterocycles. The van der Waals surface area contributed by atoms with Crippen LogP contribution in [0.1, 0.15) is 5.56 Å². The first-order chi connectivity index (χ1) is 8.50. The summed E-state index contributed by atoms with van der Waals surface area (Å²) in [6, 6.07) is 4.36. The fourth-order valence-electron chi connectivity index (χ4n) is 1.73. The van der Waals surface area contributed by atoms with E-state index < -0.39 is 12.0 Å². The highest BCUT2D eigenvalue weighted by Gasteiger charge is 2.16. The molecular weight excluding hydrogens is 320 g/mol. The van der Waals surface area contributed by atoms with Gasteiger partial charge in [-0.1, -0.05) is 33.6 Å². The van der Waals surface area contributed by atoms with Crippen molar-refractivity contribution in [2.45, 2.75) is 12.5 Å². The molecule has 1 aromatic carbocycles. The molecule has 0 aliphatic rings. The zero-order valence-electron chi connectivity index (χ0n) is 9.23. The van der Waals surface area contributed by atoms with Crippen molar-refractivity contribution in [3.05, 3.63) is 39.5 Å². The Bertz CT molecular complexity index is 610. The lowest BCUT2D eigenvalue weighted by molar-refractivity contribution is -0.138. The van der Waals surface area contributed by atoms with Crippen molar-refractivity contribution in [2.75, 3.05) is 0 Å². The highest BCUT2D eigenvalue weighted by molar-refractivity contribution is 9.10. The van der Waals surface area contributed by atoms with Gasteiger partial charge >= 0.3 is 5.97 Å². The van der Waals surface area contributed by atoms with E-state index in [1.807, 2.05) is 6.07 Å². The summed E-state index contributed by atoms with van der Waals surface area (Å²) in [6.45, 7) is 0. The van der Waals surface area contributed by atoms with Crippen molar-refractivity contribution < 1.29 is 9.90 Å². The Morgan fingerprint density at radius 2 is 2.22 bits per heavy atom. The number of carbonyl (C=O) groups is 1. The van der Waals surface area contributed by atoms with E-state index in [0.717, 1.165) is 15.4 Å². The van der Waals surface area contributed by atoms with Crippen LogP contribution in [-0.2, 0) is 11.2 Å². The van der Waals surface area contributed by atoms with Gasteiger partial charge in [-0.05, 0) is 17.7 Å². The summed E-state index contributed by atoms with van der Waals surface area (Å²) in [6.07, 6.45) is 1.80. The third-order valence-electron chi connectivity index (χ3n) is 2.63. The van der Waals surface area contributed by atoms with Crippen LogP contribution in [0.4, 0.5) is 0 Å². The highest BCUT2D eigenvalue weighted by Crippen LogP contribution is 2.31. The summed E-state index contributed by atoms with van der Waals surface area (Å²) in [5.74, 6) is -1.03. The molecule has 2 rings (SSSR count). The molecule has 1 heterocycles. The van der Waals surface area contributed by atoms with Gasteiger partial charge in [0.2, 0.25) is 0 Å². The second-order valence-electron chi connectivity index (χ2n) is 3.87. The van der Waals surface area contributed by atoms with Crippen LogP contribution in [0, 0.1) is 0 Å². The number of hydrogen-bond donors (Lipinski definition) is 2. The number of nitrogens with two attached hydrogens (primary N) is 1. The van der Waals surface area contributed by atoms with Crippen LogP contribution in [0.3, 0.4) is 0 Å². The summed E-state index contributed by atoms with van der Waals surface area (Å²) < 4.78 is 0.822. The quantitative estimate of drug-likeness (QED) is 0.907. The number of aromatic nitrogens is 1. The van der Waals surface area contributed by atoms with Gasteiger partial charge in [0.15, 0.2) is 0 Å². The number of benzene rings is 1. The molecule has 18 heavy (non-hydrogen) atoms. The van der Waals surface area contributed by atoms with Gasteiger partial charge in [-0.15, -0.1) is 0 Å². The zero-order valence-corrected chi connectivity index (χ0v) is 11.6. The van der Waals surface area contributed by atoms with Crippen molar-refractivity contribution in [3.63, 3.8) is 0 Å². The van der Waals surface area contributed by atoms with Crippen LogP contribution in [-0.4, -0.2) is 22.1 Å². The van der Waals surface area contributed by atoms with Gasteiger partial charge in [-0.2, -0.15) is 0 Å². The van der Waals surface area contributed by atoms with E-state index >= 15 is 0 Å². The largest absolute Gasteiger partial charge is 0.480 e.